The average molecular weight is 302 g/mol. The van der Waals surface area contributed by atoms with Gasteiger partial charge in [0.2, 0.25) is 0 Å². The van der Waals surface area contributed by atoms with E-state index in [0.29, 0.717) is 5.56 Å². The molecule has 0 spiro atoms. The highest BCUT2D eigenvalue weighted by atomic mass is 16.2. The zero-order valence-corrected chi connectivity index (χ0v) is 13.2. The molecule has 2 fully saturated rings. The lowest BCUT2D eigenvalue weighted by Gasteiger charge is -2.30. The molecule has 0 aromatic carbocycles. The van der Waals surface area contributed by atoms with Crippen LogP contribution >= 0.6 is 0 Å². The molecule has 0 aliphatic carbocycles. The predicted octanol–water partition coefficient (Wildman–Crippen LogP) is 2.03. The minimum Gasteiger partial charge on any atom is -0.357 e. The van der Waals surface area contributed by atoms with E-state index in [1.807, 2.05) is 17.0 Å². The first-order valence-electron chi connectivity index (χ1n) is 8.50. The fourth-order valence-corrected chi connectivity index (χ4v) is 3.28. The van der Waals surface area contributed by atoms with E-state index in [9.17, 15) is 4.79 Å². The van der Waals surface area contributed by atoms with E-state index in [-0.39, 0.29) is 11.9 Å². The zero-order valence-electron chi connectivity index (χ0n) is 13.2. The van der Waals surface area contributed by atoms with Crippen molar-refractivity contribution in [2.45, 2.75) is 44.6 Å². The molecule has 22 heavy (non-hydrogen) atoms. The Labute approximate surface area is 132 Å². The van der Waals surface area contributed by atoms with Gasteiger partial charge >= 0.3 is 0 Å². The largest absolute Gasteiger partial charge is 0.357 e. The molecule has 0 bridgehead atoms. The molecule has 2 aliphatic rings. The fourth-order valence-electron chi connectivity index (χ4n) is 3.28. The van der Waals surface area contributed by atoms with Crippen LogP contribution in [0.4, 0.5) is 5.82 Å². The van der Waals surface area contributed by atoms with Crippen molar-refractivity contribution < 1.29 is 4.79 Å². The smallest absolute Gasteiger partial charge is 0.255 e. The monoisotopic (exact) mass is 302 g/mol. The van der Waals surface area contributed by atoms with E-state index < -0.39 is 0 Å². The van der Waals surface area contributed by atoms with Crippen LogP contribution in [0.2, 0.25) is 0 Å². The molecule has 1 amide bonds. The lowest BCUT2D eigenvalue weighted by atomic mass is 10.1. The molecule has 1 aromatic heterocycles. The number of rotatable bonds is 2. The third-order valence-corrected chi connectivity index (χ3v) is 4.75. The molecule has 5 nitrogen and oxygen atoms in total. The molecule has 2 saturated heterocycles. The SMILES string of the molecule is NC1CCN(C(=O)c2ccc(N3CCCCCC3)nc2)CC1. The molecular weight excluding hydrogens is 276 g/mol. The third kappa shape index (κ3) is 3.58. The van der Waals surface area contributed by atoms with Gasteiger partial charge in [0.25, 0.3) is 5.91 Å². The number of carbonyl (C=O) groups is 1. The van der Waals surface area contributed by atoms with Gasteiger partial charge in [-0.3, -0.25) is 4.79 Å². The van der Waals surface area contributed by atoms with Crippen molar-refractivity contribution in [2.24, 2.45) is 5.73 Å². The lowest BCUT2D eigenvalue weighted by molar-refractivity contribution is 0.0714. The zero-order chi connectivity index (χ0) is 15.4. The molecule has 120 valence electrons. The number of anilines is 1. The standard InChI is InChI=1S/C17H26N4O/c18-15-7-11-21(12-8-15)17(22)14-5-6-16(19-13-14)20-9-3-1-2-4-10-20/h5-6,13,15H,1-4,7-12,18H2. The normalized spacial score (nSPS) is 20.8. The number of nitrogens with zero attached hydrogens (tertiary/aromatic N) is 3. The van der Waals surface area contributed by atoms with Gasteiger partial charge in [-0.05, 0) is 37.8 Å². The maximum absolute atomic E-state index is 12.5. The lowest BCUT2D eigenvalue weighted by Crippen LogP contribution is -2.42. The van der Waals surface area contributed by atoms with Crippen LogP contribution in [0.3, 0.4) is 0 Å². The Morgan fingerprint density at radius 3 is 2.32 bits per heavy atom. The van der Waals surface area contributed by atoms with E-state index in [1.165, 1.54) is 25.7 Å². The Morgan fingerprint density at radius 2 is 1.73 bits per heavy atom. The van der Waals surface area contributed by atoms with E-state index in [0.717, 1.165) is 44.8 Å². The van der Waals surface area contributed by atoms with Gasteiger partial charge in [0, 0.05) is 38.4 Å². The quantitative estimate of drug-likeness (QED) is 0.908. The number of pyridine rings is 1. The van der Waals surface area contributed by atoms with E-state index in [4.69, 9.17) is 5.73 Å². The van der Waals surface area contributed by atoms with Crippen molar-refractivity contribution in [3.05, 3.63) is 23.9 Å². The third-order valence-electron chi connectivity index (χ3n) is 4.75. The molecule has 0 radical (unpaired) electrons. The first-order chi connectivity index (χ1) is 10.7. The molecule has 5 heteroatoms. The minimum absolute atomic E-state index is 0.0850. The van der Waals surface area contributed by atoms with E-state index >= 15 is 0 Å². The highest BCUT2D eigenvalue weighted by Crippen LogP contribution is 2.18. The van der Waals surface area contributed by atoms with Gasteiger partial charge in [0.1, 0.15) is 5.82 Å². The van der Waals surface area contributed by atoms with Crippen molar-refractivity contribution in [1.29, 1.82) is 0 Å². The number of likely N-dealkylation sites (tertiary alicyclic amines) is 1. The van der Waals surface area contributed by atoms with Gasteiger partial charge in [-0.2, -0.15) is 0 Å². The fraction of sp³-hybridized carbons (Fsp3) is 0.647. The van der Waals surface area contributed by atoms with Crippen LogP contribution in [0.1, 0.15) is 48.9 Å². The van der Waals surface area contributed by atoms with Crippen LogP contribution in [0.5, 0.6) is 0 Å². The van der Waals surface area contributed by atoms with Crippen molar-refractivity contribution in [1.82, 2.24) is 9.88 Å². The summed E-state index contributed by atoms with van der Waals surface area (Å²) in [4.78, 5) is 21.2. The van der Waals surface area contributed by atoms with E-state index in [1.54, 1.807) is 6.20 Å². The Balaban J connectivity index is 1.64. The van der Waals surface area contributed by atoms with E-state index in [2.05, 4.69) is 9.88 Å². The van der Waals surface area contributed by atoms with Gasteiger partial charge in [-0.25, -0.2) is 4.98 Å². The van der Waals surface area contributed by atoms with Crippen molar-refractivity contribution in [3.63, 3.8) is 0 Å². The maximum Gasteiger partial charge on any atom is 0.255 e. The van der Waals surface area contributed by atoms with Crippen LogP contribution < -0.4 is 10.6 Å². The van der Waals surface area contributed by atoms with Crippen LogP contribution in [-0.4, -0.2) is 48.0 Å². The summed E-state index contributed by atoms with van der Waals surface area (Å²) in [6, 6.07) is 4.16. The van der Waals surface area contributed by atoms with Gasteiger partial charge in [0.05, 0.1) is 5.56 Å². The highest BCUT2D eigenvalue weighted by molar-refractivity contribution is 5.94. The summed E-state index contributed by atoms with van der Waals surface area (Å²) in [6.45, 7) is 3.66. The number of piperidine rings is 1. The Bertz CT molecular complexity index is 486. The first-order valence-corrected chi connectivity index (χ1v) is 8.50. The number of hydrogen-bond donors (Lipinski definition) is 1. The number of aromatic nitrogens is 1. The first kappa shape index (κ1) is 15.3. The highest BCUT2D eigenvalue weighted by Gasteiger charge is 2.22. The average Bonchev–Trinajstić information content (AvgIpc) is 2.84. The number of amides is 1. The molecule has 2 N–H and O–H groups in total. The Kier molecular flexibility index (Phi) is 4.93. The molecule has 0 unspecified atom stereocenters. The molecule has 3 rings (SSSR count). The number of nitrogens with two attached hydrogens (primary N) is 1. The summed E-state index contributed by atoms with van der Waals surface area (Å²) in [7, 11) is 0. The topological polar surface area (TPSA) is 62.5 Å². The van der Waals surface area contributed by atoms with Gasteiger partial charge < -0.3 is 15.5 Å². The minimum atomic E-state index is 0.0850. The molecule has 0 saturated carbocycles. The van der Waals surface area contributed by atoms with Gasteiger partial charge in [-0.1, -0.05) is 12.8 Å². The maximum atomic E-state index is 12.5. The van der Waals surface area contributed by atoms with Crippen LogP contribution in [-0.2, 0) is 0 Å². The second kappa shape index (κ2) is 7.09. The van der Waals surface area contributed by atoms with Crippen molar-refractivity contribution in [3.8, 4) is 0 Å². The molecule has 0 atom stereocenters. The van der Waals surface area contributed by atoms with Crippen LogP contribution in [0.15, 0.2) is 18.3 Å². The summed E-state index contributed by atoms with van der Waals surface area (Å²) in [6.07, 6.45) is 8.61. The molecule has 3 heterocycles. The molecular formula is C17H26N4O. The van der Waals surface area contributed by atoms with Gasteiger partial charge in [-0.15, -0.1) is 0 Å². The van der Waals surface area contributed by atoms with Gasteiger partial charge in [0.15, 0.2) is 0 Å². The molecule has 1 aromatic rings. The number of hydrogen-bond acceptors (Lipinski definition) is 4. The van der Waals surface area contributed by atoms with Crippen molar-refractivity contribution >= 4 is 11.7 Å². The Morgan fingerprint density at radius 1 is 1.05 bits per heavy atom. The summed E-state index contributed by atoms with van der Waals surface area (Å²) in [5, 5.41) is 0. The predicted molar refractivity (Wildman–Crippen MR) is 88.0 cm³/mol. The summed E-state index contributed by atoms with van der Waals surface area (Å²) in [5.41, 5.74) is 6.58. The van der Waals surface area contributed by atoms with Crippen molar-refractivity contribution in [2.75, 3.05) is 31.1 Å². The number of carbonyl (C=O) groups excluding carboxylic acids is 1. The van der Waals surface area contributed by atoms with Crippen LogP contribution in [0.25, 0.3) is 0 Å². The molecule has 2 aliphatic heterocycles. The summed E-state index contributed by atoms with van der Waals surface area (Å²) >= 11 is 0. The second-order valence-corrected chi connectivity index (χ2v) is 6.44. The summed E-state index contributed by atoms with van der Waals surface area (Å²) in [5.74, 6) is 1.08. The van der Waals surface area contributed by atoms with Crippen LogP contribution in [0, 0.1) is 0 Å². The second-order valence-electron chi connectivity index (χ2n) is 6.44. The summed E-state index contributed by atoms with van der Waals surface area (Å²) < 4.78 is 0. The Hall–Kier alpha value is -1.62.